The summed E-state index contributed by atoms with van der Waals surface area (Å²) in [7, 11) is 0. The number of hydrogen-bond donors (Lipinski definition) is 0. The van der Waals surface area contributed by atoms with Crippen LogP contribution in [0.2, 0.25) is 0 Å². The molecular formula is C15H17N3. The highest BCUT2D eigenvalue weighted by Crippen LogP contribution is 2.25. The van der Waals surface area contributed by atoms with Crippen molar-refractivity contribution in [2.24, 2.45) is 0 Å². The minimum absolute atomic E-state index is 0.743. The van der Waals surface area contributed by atoms with Crippen LogP contribution < -0.4 is 4.90 Å². The van der Waals surface area contributed by atoms with Crippen molar-refractivity contribution in [1.29, 1.82) is 0 Å². The molecule has 92 valence electrons. The van der Waals surface area contributed by atoms with E-state index in [4.69, 9.17) is 0 Å². The summed E-state index contributed by atoms with van der Waals surface area (Å²) in [5.41, 5.74) is 2.15. The van der Waals surface area contributed by atoms with E-state index in [-0.39, 0.29) is 0 Å². The van der Waals surface area contributed by atoms with Gasteiger partial charge in [-0.3, -0.25) is 0 Å². The zero-order valence-electron chi connectivity index (χ0n) is 10.6. The SMILES string of the molecule is C=CCN(CC=C)c1ncnc2cccc(C)c12. The molecule has 0 N–H and O–H groups in total. The van der Waals surface area contributed by atoms with E-state index in [9.17, 15) is 0 Å². The van der Waals surface area contributed by atoms with Crippen LogP contribution >= 0.6 is 0 Å². The maximum atomic E-state index is 4.42. The first-order chi connectivity index (χ1) is 8.77. The zero-order valence-corrected chi connectivity index (χ0v) is 10.6. The Balaban J connectivity index is 2.61. The van der Waals surface area contributed by atoms with E-state index < -0.39 is 0 Å². The smallest absolute Gasteiger partial charge is 0.140 e. The molecule has 0 radical (unpaired) electrons. The van der Waals surface area contributed by atoms with Crippen molar-refractivity contribution < 1.29 is 0 Å². The minimum atomic E-state index is 0.743. The Labute approximate surface area is 107 Å². The molecule has 1 heterocycles. The molecule has 3 nitrogen and oxygen atoms in total. The van der Waals surface area contributed by atoms with Crippen molar-refractivity contribution >= 4 is 16.7 Å². The molecule has 0 fully saturated rings. The normalized spacial score (nSPS) is 10.3. The van der Waals surface area contributed by atoms with Crippen molar-refractivity contribution in [2.45, 2.75) is 6.92 Å². The van der Waals surface area contributed by atoms with Gasteiger partial charge >= 0.3 is 0 Å². The van der Waals surface area contributed by atoms with E-state index in [0.717, 1.165) is 29.8 Å². The molecule has 0 aliphatic rings. The molecule has 1 aromatic carbocycles. The number of rotatable bonds is 5. The van der Waals surface area contributed by atoms with Crippen LogP contribution in [0.5, 0.6) is 0 Å². The molecule has 0 saturated carbocycles. The number of benzene rings is 1. The maximum Gasteiger partial charge on any atom is 0.140 e. The topological polar surface area (TPSA) is 29.0 Å². The summed E-state index contributed by atoms with van der Waals surface area (Å²) in [6.45, 7) is 11.1. The minimum Gasteiger partial charge on any atom is -0.349 e. The molecule has 0 aliphatic carbocycles. The van der Waals surface area contributed by atoms with Gasteiger partial charge in [-0.25, -0.2) is 9.97 Å². The molecule has 0 bridgehead atoms. The molecule has 0 amide bonds. The summed E-state index contributed by atoms with van der Waals surface area (Å²) in [4.78, 5) is 10.9. The second kappa shape index (κ2) is 5.45. The molecule has 0 saturated heterocycles. The van der Waals surface area contributed by atoms with E-state index >= 15 is 0 Å². The number of anilines is 1. The van der Waals surface area contributed by atoms with Crippen LogP contribution in [0.25, 0.3) is 10.9 Å². The fourth-order valence-electron chi connectivity index (χ4n) is 2.06. The van der Waals surface area contributed by atoms with E-state index in [1.807, 2.05) is 24.3 Å². The third-order valence-electron chi connectivity index (χ3n) is 2.85. The van der Waals surface area contributed by atoms with Gasteiger partial charge in [-0.1, -0.05) is 24.3 Å². The Bertz CT molecular complexity index is 560. The average molecular weight is 239 g/mol. The van der Waals surface area contributed by atoms with E-state index in [1.54, 1.807) is 6.33 Å². The molecule has 18 heavy (non-hydrogen) atoms. The van der Waals surface area contributed by atoms with Crippen molar-refractivity contribution in [3.05, 3.63) is 55.4 Å². The van der Waals surface area contributed by atoms with Crippen molar-refractivity contribution in [1.82, 2.24) is 9.97 Å². The second-order valence-corrected chi connectivity index (χ2v) is 4.15. The summed E-state index contributed by atoms with van der Waals surface area (Å²) in [6, 6.07) is 6.10. The Morgan fingerprint density at radius 3 is 2.56 bits per heavy atom. The summed E-state index contributed by atoms with van der Waals surface area (Å²) in [5.74, 6) is 0.943. The second-order valence-electron chi connectivity index (χ2n) is 4.15. The lowest BCUT2D eigenvalue weighted by molar-refractivity contribution is 0.927. The molecule has 0 aliphatic heterocycles. The monoisotopic (exact) mass is 239 g/mol. The van der Waals surface area contributed by atoms with Crippen LogP contribution in [0.1, 0.15) is 5.56 Å². The Hall–Kier alpha value is -2.16. The summed E-state index contributed by atoms with van der Waals surface area (Å²) >= 11 is 0. The van der Waals surface area contributed by atoms with Crippen LogP contribution in [0.4, 0.5) is 5.82 Å². The predicted octanol–water partition coefficient (Wildman–Crippen LogP) is 3.12. The van der Waals surface area contributed by atoms with Crippen LogP contribution in [0.3, 0.4) is 0 Å². The number of hydrogen-bond acceptors (Lipinski definition) is 3. The quantitative estimate of drug-likeness (QED) is 0.751. The molecule has 2 rings (SSSR count). The largest absolute Gasteiger partial charge is 0.349 e. The molecule has 0 spiro atoms. The lowest BCUT2D eigenvalue weighted by Crippen LogP contribution is -2.24. The van der Waals surface area contributed by atoms with Gasteiger partial charge in [0.2, 0.25) is 0 Å². The van der Waals surface area contributed by atoms with Gasteiger partial charge in [0.1, 0.15) is 12.1 Å². The highest BCUT2D eigenvalue weighted by molar-refractivity contribution is 5.92. The molecule has 0 atom stereocenters. The molecule has 0 unspecified atom stereocenters. The molecule has 2 aromatic rings. The van der Waals surface area contributed by atoms with E-state index in [1.165, 1.54) is 5.56 Å². The van der Waals surface area contributed by atoms with Gasteiger partial charge in [0.25, 0.3) is 0 Å². The number of nitrogens with zero attached hydrogens (tertiary/aromatic N) is 3. The number of aryl methyl sites for hydroxylation is 1. The fraction of sp³-hybridized carbons (Fsp3) is 0.200. The predicted molar refractivity (Wildman–Crippen MR) is 76.9 cm³/mol. The number of aromatic nitrogens is 2. The third kappa shape index (κ3) is 2.25. The van der Waals surface area contributed by atoms with Crippen LogP contribution in [-0.2, 0) is 0 Å². The van der Waals surface area contributed by atoms with Gasteiger partial charge in [0, 0.05) is 18.5 Å². The van der Waals surface area contributed by atoms with E-state index in [0.29, 0.717) is 0 Å². The van der Waals surface area contributed by atoms with Gasteiger partial charge in [0.15, 0.2) is 0 Å². The average Bonchev–Trinajstić information content (AvgIpc) is 2.38. The van der Waals surface area contributed by atoms with Gasteiger partial charge in [-0.2, -0.15) is 0 Å². The van der Waals surface area contributed by atoms with Gasteiger partial charge in [0.05, 0.1) is 5.52 Å². The van der Waals surface area contributed by atoms with Crippen LogP contribution in [0.15, 0.2) is 49.8 Å². The van der Waals surface area contributed by atoms with Crippen LogP contribution in [0, 0.1) is 6.92 Å². The first kappa shape index (κ1) is 12.3. The Kier molecular flexibility index (Phi) is 3.72. The highest BCUT2D eigenvalue weighted by Gasteiger charge is 2.11. The highest BCUT2D eigenvalue weighted by atomic mass is 15.2. The van der Waals surface area contributed by atoms with Crippen molar-refractivity contribution in [3.8, 4) is 0 Å². The summed E-state index contributed by atoms with van der Waals surface area (Å²) in [6.07, 6.45) is 5.35. The first-order valence-electron chi connectivity index (χ1n) is 5.95. The molecule has 3 heteroatoms. The first-order valence-corrected chi connectivity index (χ1v) is 5.95. The third-order valence-corrected chi connectivity index (χ3v) is 2.85. The van der Waals surface area contributed by atoms with Crippen molar-refractivity contribution in [3.63, 3.8) is 0 Å². The summed E-state index contributed by atoms with van der Waals surface area (Å²) in [5, 5.41) is 1.10. The standard InChI is InChI=1S/C15H17N3/c1-4-9-18(10-5-2)15-14-12(3)7-6-8-13(14)16-11-17-15/h4-8,11H,1-2,9-10H2,3H3. The Morgan fingerprint density at radius 1 is 1.17 bits per heavy atom. The zero-order chi connectivity index (χ0) is 13.0. The fourth-order valence-corrected chi connectivity index (χ4v) is 2.06. The Morgan fingerprint density at radius 2 is 1.89 bits per heavy atom. The van der Waals surface area contributed by atoms with Gasteiger partial charge in [-0.05, 0) is 18.6 Å². The van der Waals surface area contributed by atoms with E-state index in [2.05, 4.69) is 41.0 Å². The maximum absolute atomic E-state index is 4.42. The van der Waals surface area contributed by atoms with Gasteiger partial charge in [-0.15, -0.1) is 13.2 Å². The summed E-state index contributed by atoms with van der Waals surface area (Å²) < 4.78 is 0. The lowest BCUT2D eigenvalue weighted by Gasteiger charge is -2.22. The van der Waals surface area contributed by atoms with Gasteiger partial charge < -0.3 is 4.90 Å². The van der Waals surface area contributed by atoms with Crippen molar-refractivity contribution in [2.75, 3.05) is 18.0 Å². The lowest BCUT2D eigenvalue weighted by atomic mass is 10.1. The molecular weight excluding hydrogens is 222 g/mol. The van der Waals surface area contributed by atoms with Crippen LogP contribution in [-0.4, -0.2) is 23.1 Å². The number of fused-ring (bicyclic) bond motifs is 1. The molecule has 1 aromatic heterocycles.